The summed E-state index contributed by atoms with van der Waals surface area (Å²) in [5.41, 5.74) is 0. The maximum Gasteiger partial charge on any atom is 0.00925 e. The highest BCUT2D eigenvalue weighted by Crippen LogP contribution is 2.21. The molecule has 1 saturated carbocycles. The van der Waals surface area contributed by atoms with Crippen LogP contribution in [0.4, 0.5) is 0 Å². The van der Waals surface area contributed by atoms with Gasteiger partial charge in [0.15, 0.2) is 0 Å². The van der Waals surface area contributed by atoms with Crippen molar-refractivity contribution in [2.24, 2.45) is 0 Å². The molecule has 0 unspecified atom stereocenters. The monoisotopic (exact) mass is 173 g/mol. The normalized spacial score (nSPS) is 21.0. The topological polar surface area (TPSA) is 3.24 Å². The van der Waals surface area contributed by atoms with Crippen LogP contribution in [0.15, 0.2) is 0 Å². The molecular weight excluding hydrogens is 154 g/mol. The third kappa shape index (κ3) is 3.04. The lowest BCUT2D eigenvalue weighted by Gasteiger charge is -2.30. The van der Waals surface area contributed by atoms with E-state index in [0.29, 0.717) is 0 Å². The molecule has 0 saturated heterocycles. The van der Waals surface area contributed by atoms with Crippen LogP contribution in [-0.4, -0.2) is 30.3 Å². The highest BCUT2D eigenvalue weighted by Gasteiger charge is 2.16. The first kappa shape index (κ1) is 9.40. The Bertz CT molecular complexity index is 99.7. The maximum atomic E-state index is 4.24. The van der Waals surface area contributed by atoms with Crippen LogP contribution < -0.4 is 0 Å². The van der Waals surface area contributed by atoms with Crippen molar-refractivity contribution in [1.82, 2.24) is 4.90 Å². The van der Waals surface area contributed by atoms with E-state index in [2.05, 4.69) is 24.6 Å². The van der Waals surface area contributed by atoms with Gasteiger partial charge in [0.2, 0.25) is 0 Å². The molecule has 0 aromatic rings. The lowest BCUT2D eigenvalue weighted by atomic mass is 9.94. The van der Waals surface area contributed by atoms with Gasteiger partial charge >= 0.3 is 0 Å². The van der Waals surface area contributed by atoms with Crippen LogP contribution in [0.25, 0.3) is 0 Å². The predicted molar refractivity (Wildman–Crippen MR) is 53.4 cm³/mol. The van der Waals surface area contributed by atoms with Crippen molar-refractivity contribution >= 4 is 12.6 Å². The summed E-state index contributed by atoms with van der Waals surface area (Å²) in [7, 11) is 2.23. The number of thiol groups is 1. The van der Waals surface area contributed by atoms with Crippen molar-refractivity contribution < 1.29 is 0 Å². The van der Waals surface area contributed by atoms with Gasteiger partial charge in [0.05, 0.1) is 0 Å². The second-order valence-corrected chi connectivity index (χ2v) is 3.94. The quantitative estimate of drug-likeness (QED) is 0.640. The molecule has 1 fully saturated rings. The number of rotatable bonds is 3. The molecule has 1 aliphatic carbocycles. The van der Waals surface area contributed by atoms with Gasteiger partial charge in [-0.15, -0.1) is 0 Å². The average molecular weight is 173 g/mol. The fourth-order valence-electron chi connectivity index (χ4n) is 1.86. The Kier molecular flexibility index (Phi) is 4.31. The van der Waals surface area contributed by atoms with Gasteiger partial charge in [-0.25, -0.2) is 0 Å². The zero-order chi connectivity index (χ0) is 8.10. The van der Waals surface area contributed by atoms with E-state index >= 15 is 0 Å². The Balaban J connectivity index is 2.21. The first-order chi connectivity index (χ1) is 5.34. The van der Waals surface area contributed by atoms with Gasteiger partial charge in [-0.1, -0.05) is 19.3 Å². The Hall–Kier alpha value is 0.310. The van der Waals surface area contributed by atoms with Crippen LogP contribution >= 0.6 is 12.6 Å². The second kappa shape index (κ2) is 5.04. The molecule has 0 bridgehead atoms. The highest BCUT2D eigenvalue weighted by molar-refractivity contribution is 7.80. The number of hydrogen-bond acceptors (Lipinski definition) is 2. The summed E-state index contributed by atoms with van der Waals surface area (Å²) in [6.45, 7) is 1.15. The first-order valence-corrected chi connectivity index (χ1v) is 5.29. The van der Waals surface area contributed by atoms with Crippen molar-refractivity contribution in [3.05, 3.63) is 0 Å². The van der Waals surface area contributed by atoms with E-state index in [1.165, 1.54) is 32.1 Å². The van der Waals surface area contributed by atoms with Crippen LogP contribution in [0.1, 0.15) is 32.1 Å². The zero-order valence-corrected chi connectivity index (χ0v) is 8.32. The van der Waals surface area contributed by atoms with Crippen LogP contribution in [0.2, 0.25) is 0 Å². The summed E-state index contributed by atoms with van der Waals surface area (Å²) in [4.78, 5) is 2.46. The molecule has 0 spiro atoms. The molecule has 1 aliphatic rings. The van der Waals surface area contributed by atoms with Crippen LogP contribution in [0, 0.1) is 0 Å². The summed E-state index contributed by atoms with van der Waals surface area (Å²) in [6, 6.07) is 0.857. The van der Waals surface area contributed by atoms with Gasteiger partial charge in [-0.2, -0.15) is 12.6 Å². The predicted octanol–water partition coefficient (Wildman–Crippen LogP) is 2.18. The number of nitrogens with zero attached hydrogens (tertiary/aromatic N) is 1. The fraction of sp³-hybridized carbons (Fsp3) is 1.00. The third-order valence-electron chi connectivity index (χ3n) is 2.65. The smallest absolute Gasteiger partial charge is 0.00925 e. The molecular formula is C9H19NS. The minimum atomic E-state index is 0.857. The van der Waals surface area contributed by atoms with E-state index in [1.54, 1.807) is 0 Å². The minimum absolute atomic E-state index is 0.857. The fourth-order valence-corrected chi connectivity index (χ4v) is 2.18. The molecule has 0 aliphatic heterocycles. The molecule has 0 radical (unpaired) electrons. The van der Waals surface area contributed by atoms with E-state index in [-0.39, 0.29) is 0 Å². The Labute approximate surface area is 75.6 Å². The average Bonchev–Trinajstić information content (AvgIpc) is 2.07. The Morgan fingerprint density at radius 2 is 1.91 bits per heavy atom. The Morgan fingerprint density at radius 1 is 1.27 bits per heavy atom. The molecule has 0 N–H and O–H groups in total. The molecule has 0 amide bonds. The summed E-state index contributed by atoms with van der Waals surface area (Å²) in [5.74, 6) is 0.993. The zero-order valence-electron chi connectivity index (χ0n) is 7.42. The van der Waals surface area contributed by atoms with Crippen molar-refractivity contribution in [3.8, 4) is 0 Å². The molecule has 1 rings (SSSR count). The van der Waals surface area contributed by atoms with Crippen LogP contribution in [-0.2, 0) is 0 Å². The van der Waals surface area contributed by atoms with Gasteiger partial charge in [-0.3, -0.25) is 0 Å². The molecule has 2 heteroatoms. The standard InChI is InChI=1S/C9H19NS/c1-10(7-8-11)9-5-3-2-4-6-9/h9,11H,2-8H2,1H3. The van der Waals surface area contributed by atoms with E-state index in [4.69, 9.17) is 0 Å². The SMILES string of the molecule is CN(CCS)C1CCCCC1. The lowest BCUT2D eigenvalue weighted by Crippen LogP contribution is -2.34. The van der Waals surface area contributed by atoms with Gasteiger partial charge in [-0.05, 0) is 19.9 Å². The Morgan fingerprint density at radius 3 is 2.45 bits per heavy atom. The molecule has 0 aromatic heterocycles. The van der Waals surface area contributed by atoms with Crippen molar-refractivity contribution in [1.29, 1.82) is 0 Å². The summed E-state index contributed by atoms with van der Waals surface area (Å²) in [5, 5.41) is 0. The van der Waals surface area contributed by atoms with Crippen LogP contribution in [0.5, 0.6) is 0 Å². The third-order valence-corrected chi connectivity index (χ3v) is 2.85. The molecule has 0 atom stereocenters. The first-order valence-electron chi connectivity index (χ1n) is 4.65. The van der Waals surface area contributed by atoms with E-state index in [9.17, 15) is 0 Å². The highest BCUT2D eigenvalue weighted by atomic mass is 32.1. The van der Waals surface area contributed by atoms with Crippen LogP contribution in [0.3, 0.4) is 0 Å². The van der Waals surface area contributed by atoms with E-state index < -0.39 is 0 Å². The molecule has 1 nitrogen and oxygen atoms in total. The van der Waals surface area contributed by atoms with E-state index in [1.807, 2.05) is 0 Å². The van der Waals surface area contributed by atoms with Gasteiger partial charge in [0, 0.05) is 18.3 Å². The van der Waals surface area contributed by atoms with Gasteiger partial charge in [0.1, 0.15) is 0 Å². The lowest BCUT2D eigenvalue weighted by molar-refractivity contribution is 0.202. The van der Waals surface area contributed by atoms with Crippen molar-refractivity contribution in [2.75, 3.05) is 19.3 Å². The molecule has 11 heavy (non-hydrogen) atoms. The van der Waals surface area contributed by atoms with Crippen molar-refractivity contribution in [2.45, 2.75) is 38.1 Å². The number of hydrogen-bond donors (Lipinski definition) is 1. The van der Waals surface area contributed by atoms with Crippen molar-refractivity contribution in [3.63, 3.8) is 0 Å². The van der Waals surface area contributed by atoms with Gasteiger partial charge in [0.25, 0.3) is 0 Å². The largest absolute Gasteiger partial charge is 0.303 e. The maximum absolute atomic E-state index is 4.24. The molecule has 0 aromatic carbocycles. The summed E-state index contributed by atoms with van der Waals surface area (Å²) < 4.78 is 0. The minimum Gasteiger partial charge on any atom is -0.303 e. The summed E-state index contributed by atoms with van der Waals surface area (Å²) >= 11 is 4.24. The van der Waals surface area contributed by atoms with Gasteiger partial charge < -0.3 is 4.90 Å². The molecule has 0 heterocycles. The molecule has 66 valence electrons. The second-order valence-electron chi connectivity index (χ2n) is 3.50. The van der Waals surface area contributed by atoms with E-state index in [0.717, 1.165) is 18.3 Å². The summed E-state index contributed by atoms with van der Waals surface area (Å²) in [6.07, 6.45) is 7.13.